The Morgan fingerprint density at radius 2 is 2.28 bits per heavy atom. The second kappa shape index (κ2) is 5.80. The van der Waals surface area contributed by atoms with Crippen LogP contribution in [-0.2, 0) is 11.3 Å². The Hall–Kier alpha value is -1.64. The van der Waals surface area contributed by atoms with Gasteiger partial charge in [0.15, 0.2) is 0 Å². The second-order valence-corrected chi connectivity index (χ2v) is 3.66. The lowest BCUT2D eigenvalue weighted by atomic mass is 10.2. The number of aliphatic hydroxyl groups excluding tert-OH is 1. The minimum absolute atomic E-state index is 0.279. The van der Waals surface area contributed by atoms with Gasteiger partial charge in [-0.3, -0.25) is 4.79 Å². The molecule has 1 aromatic heterocycles. The zero-order chi connectivity index (χ0) is 13.8. The van der Waals surface area contributed by atoms with Crippen molar-refractivity contribution in [3.63, 3.8) is 0 Å². The van der Waals surface area contributed by atoms with Crippen LogP contribution in [0.15, 0.2) is 6.20 Å². The van der Waals surface area contributed by atoms with Gasteiger partial charge in [-0.05, 0) is 6.42 Å². The molecule has 1 aromatic rings. The predicted molar refractivity (Wildman–Crippen MR) is 54.3 cm³/mol. The third-order valence-corrected chi connectivity index (χ3v) is 2.08. The molecule has 0 radical (unpaired) electrons. The van der Waals surface area contributed by atoms with Crippen molar-refractivity contribution in [3.05, 3.63) is 11.9 Å². The molecule has 0 fully saturated rings. The van der Waals surface area contributed by atoms with Crippen LogP contribution in [0.4, 0.5) is 13.2 Å². The van der Waals surface area contributed by atoms with Gasteiger partial charge in [0.25, 0.3) is 0 Å². The first-order valence-electron chi connectivity index (χ1n) is 5.23. The molecule has 0 aliphatic heterocycles. The molecule has 6 nitrogen and oxygen atoms in total. The molecule has 1 atom stereocenters. The molecule has 1 rings (SSSR count). The van der Waals surface area contributed by atoms with E-state index in [0.29, 0.717) is 6.42 Å². The Kier molecular flexibility index (Phi) is 4.65. The lowest BCUT2D eigenvalue weighted by molar-refractivity contribution is -0.138. The van der Waals surface area contributed by atoms with Crippen LogP contribution < -0.4 is 5.32 Å². The van der Waals surface area contributed by atoms with Gasteiger partial charge in [-0.1, -0.05) is 12.1 Å². The number of alkyl halides is 3. The van der Waals surface area contributed by atoms with Gasteiger partial charge in [-0.2, -0.15) is 13.2 Å². The van der Waals surface area contributed by atoms with Crippen LogP contribution in [0.25, 0.3) is 0 Å². The molecule has 0 spiro atoms. The van der Waals surface area contributed by atoms with E-state index in [9.17, 15) is 23.1 Å². The maximum Gasteiger partial charge on any atom is 0.405 e. The fourth-order valence-corrected chi connectivity index (χ4v) is 1.15. The minimum atomic E-state index is -4.44. The number of nitrogens with one attached hydrogen (secondary N) is 1. The molecule has 9 heteroatoms. The van der Waals surface area contributed by atoms with E-state index in [1.54, 1.807) is 12.2 Å². The van der Waals surface area contributed by atoms with E-state index in [1.807, 2.05) is 0 Å². The molecule has 18 heavy (non-hydrogen) atoms. The quantitative estimate of drug-likeness (QED) is 0.808. The summed E-state index contributed by atoms with van der Waals surface area (Å²) in [5.74, 6) is -0.824. The fourth-order valence-electron chi connectivity index (χ4n) is 1.15. The van der Waals surface area contributed by atoms with Crippen LogP contribution in [0.3, 0.4) is 0 Å². The van der Waals surface area contributed by atoms with Crippen molar-refractivity contribution in [2.75, 3.05) is 6.54 Å². The first-order valence-corrected chi connectivity index (χ1v) is 5.23. The summed E-state index contributed by atoms with van der Waals surface area (Å²) in [5.41, 5.74) is 0.279. The summed E-state index contributed by atoms with van der Waals surface area (Å²) in [7, 11) is 0. The minimum Gasteiger partial charge on any atom is -0.387 e. The lowest BCUT2D eigenvalue weighted by Crippen LogP contribution is -2.35. The fraction of sp³-hybridized carbons (Fsp3) is 0.667. The monoisotopic (exact) mass is 266 g/mol. The van der Waals surface area contributed by atoms with E-state index in [4.69, 9.17) is 0 Å². The molecule has 0 saturated heterocycles. The van der Waals surface area contributed by atoms with Crippen molar-refractivity contribution in [1.82, 2.24) is 20.3 Å². The highest BCUT2D eigenvalue weighted by molar-refractivity contribution is 5.75. The first-order chi connectivity index (χ1) is 8.31. The highest BCUT2D eigenvalue weighted by Crippen LogP contribution is 2.13. The number of carbonyl (C=O) groups is 1. The Morgan fingerprint density at radius 3 is 2.83 bits per heavy atom. The SMILES string of the molecule is CCC(O)c1cn(CC(=O)NCC(F)(F)F)nn1. The number of amides is 1. The topological polar surface area (TPSA) is 80.0 Å². The Morgan fingerprint density at radius 1 is 1.61 bits per heavy atom. The van der Waals surface area contributed by atoms with Gasteiger partial charge in [-0.25, -0.2) is 4.68 Å². The average molecular weight is 266 g/mol. The molecule has 0 saturated carbocycles. The standard InChI is InChI=1S/C9H13F3N4O2/c1-2-7(17)6-3-16(15-14-6)4-8(18)13-5-9(10,11)12/h3,7,17H,2,4-5H2,1H3,(H,13,18). The Labute approximate surface area is 101 Å². The Bertz CT molecular complexity index is 405. The maximum atomic E-state index is 11.8. The van der Waals surface area contributed by atoms with Crippen molar-refractivity contribution in [1.29, 1.82) is 0 Å². The van der Waals surface area contributed by atoms with Gasteiger partial charge in [0.2, 0.25) is 5.91 Å². The Balaban J connectivity index is 2.47. The zero-order valence-electron chi connectivity index (χ0n) is 9.61. The maximum absolute atomic E-state index is 11.8. The molecular weight excluding hydrogens is 253 g/mol. The summed E-state index contributed by atoms with van der Waals surface area (Å²) in [5, 5.41) is 18.3. The third kappa shape index (κ3) is 4.70. The highest BCUT2D eigenvalue weighted by atomic mass is 19.4. The van der Waals surface area contributed by atoms with Gasteiger partial charge in [-0.15, -0.1) is 5.10 Å². The van der Waals surface area contributed by atoms with Crippen molar-refractivity contribution in [2.45, 2.75) is 32.2 Å². The summed E-state index contributed by atoms with van der Waals surface area (Å²) in [6, 6.07) is 0. The number of carbonyl (C=O) groups excluding carboxylic acids is 1. The summed E-state index contributed by atoms with van der Waals surface area (Å²) in [4.78, 5) is 11.1. The molecule has 1 heterocycles. The first kappa shape index (κ1) is 14.4. The van der Waals surface area contributed by atoms with Crippen molar-refractivity contribution in [2.24, 2.45) is 0 Å². The van der Waals surface area contributed by atoms with Crippen LogP contribution in [0, 0.1) is 0 Å². The van der Waals surface area contributed by atoms with E-state index >= 15 is 0 Å². The second-order valence-electron chi connectivity index (χ2n) is 3.66. The van der Waals surface area contributed by atoms with Crippen LogP contribution in [-0.4, -0.2) is 38.7 Å². The van der Waals surface area contributed by atoms with Gasteiger partial charge in [0, 0.05) is 0 Å². The molecule has 0 bridgehead atoms. The zero-order valence-corrected chi connectivity index (χ0v) is 9.61. The molecular formula is C9H13F3N4O2. The smallest absolute Gasteiger partial charge is 0.387 e. The molecule has 102 valence electrons. The molecule has 0 aliphatic carbocycles. The average Bonchev–Trinajstić information content (AvgIpc) is 2.73. The number of rotatable bonds is 5. The molecule has 1 amide bonds. The van der Waals surface area contributed by atoms with Crippen LogP contribution >= 0.6 is 0 Å². The van der Waals surface area contributed by atoms with E-state index in [0.717, 1.165) is 4.68 Å². The van der Waals surface area contributed by atoms with Crippen LogP contribution in [0.5, 0.6) is 0 Å². The molecule has 0 aromatic carbocycles. The van der Waals surface area contributed by atoms with Gasteiger partial charge >= 0.3 is 6.18 Å². The van der Waals surface area contributed by atoms with E-state index in [2.05, 4.69) is 10.3 Å². The van der Waals surface area contributed by atoms with Crippen LogP contribution in [0.2, 0.25) is 0 Å². The van der Waals surface area contributed by atoms with E-state index in [-0.39, 0.29) is 12.2 Å². The van der Waals surface area contributed by atoms with Gasteiger partial charge in [0.05, 0.1) is 12.3 Å². The van der Waals surface area contributed by atoms with E-state index in [1.165, 1.54) is 6.20 Å². The largest absolute Gasteiger partial charge is 0.405 e. The lowest BCUT2D eigenvalue weighted by Gasteiger charge is -2.07. The molecule has 1 unspecified atom stereocenters. The molecule has 2 N–H and O–H groups in total. The number of aromatic nitrogens is 3. The van der Waals surface area contributed by atoms with Crippen molar-refractivity contribution < 1.29 is 23.1 Å². The van der Waals surface area contributed by atoms with Gasteiger partial charge in [0.1, 0.15) is 18.8 Å². The summed E-state index contributed by atoms with van der Waals surface area (Å²) >= 11 is 0. The van der Waals surface area contributed by atoms with Crippen molar-refractivity contribution >= 4 is 5.91 Å². The molecule has 0 aliphatic rings. The predicted octanol–water partition coefficient (Wildman–Crippen LogP) is 0.400. The summed E-state index contributed by atoms with van der Waals surface area (Å²) in [6.45, 7) is -0.0236. The number of nitrogens with zero attached hydrogens (tertiary/aromatic N) is 3. The third-order valence-electron chi connectivity index (χ3n) is 2.08. The van der Waals surface area contributed by atoms with Crippen molar-refractivity contribution in [3.8, 4) is 0 Å². The number of halogens is 3. The summed E-state index contributed by atoms with van der Waals surface area (Å²) in [6.07, 6.45) is -3.49. The number of hydrogen-bond acceptors (Lipinski definition) is 4. The summed E-state index contributed by atoms with van der Waals surface area (Å²) < 4.78 is 36.6. The van der Waals surface area contributed by atoms with E-state index < -0.39 is 24.7 Å². The normalized spacial score (nSPS) is 13.4. The number of hydrogen-bond donors (Lipinski definition) is 2. The highest BCUT2D eigenvalue weighted by Gasteiger charge is 2.27. The van der Waals surface area contributed by atoms with Crippen LogP contribution in [0.1, 0.15) is 25.1 Å². The number of aliphatic hydroxyl groups is 1. The van der Waals surface area contributed by atoms with Gasteiger partial charge < -0.3 is 10.4 Å².